The predicted molar refractivity (Wildman–Crippen MR) is 96.0 cm³/mol. The zero-order valence-electron chi connectivity index (χ0n) is 15.3. The Kier molecular flexibility index (Phi) is 5.85. The summed E-state index contributed by atoms with van der Waals surface area (Å²) in [4.78, 5) is 14.8. The lowest BCUT2D eigenvalue weighted by Gasteiger charge is -2.42. The molecule has 3 nitrogen and oxygen atoms in total. The molecule has 1 heterocycles. The summed E-state index contributed by atoms with van der Waals surface area (Å²) in [6.45, 7) is 13.2. The fourth-order valence-corrected chi connectivity index (χ4v) is 3.27. The third-order valence-corrected chi connectivity index (χ3v) is 4.79. The van der Waals surface area contributed by atoms with Gasteiger partial charge in [-0.3, -0.25) is 4.79 Å². The van der Waals surface area contributed by atoms with Gasteiger partial charge in [0.1, 0.15) is 0 Å². The topological polar surface area (TPSA) is 32.3 Å². The maximum absolute atomic E-state index is 12.7. The molecular formula is C20H32N2O. The number of hydrogen-bond acceptors (Lipinski definition) is 2. The highest BCUT2D eigenvalue weighted by Crippen LogP contribution is 2.27. The molecule has 1 aliphatic rings. The minimum absolute atomic E-state index is 0.273. The molecule has 1 aliphatic heterocycles. The van der Waals surface area contributed by atoms with E-state index in [1.165, 1.54) is 5.56 Å². The quantitative estimate of drug-likeness (QED) is 0.918. The number of piperidine rings is 1. The van der Waals surface area contributed by atoms with E-state index < -0.39 is 0 Å². The molecule has 1 fully saturated rings. The lowest BCUT2D eigenvalue weighted by Crippen LogP contribution is -2.54. The van der Waals surface area contributed by atoms with Crippen LogP contribution >= 0.6 is 0 Å². The molecule has 1 aromatic rings. The van der Waals surface area contributed by atoms with Crippen LogP contribution in [0.1, 0.15) is 46.6 Å². The fraction of sp³-hybridized carbons (Fsp3) is 0.650. The highest BCUT2D eigenvalue weighted by atomic mass is 16.2. The molecule has 3 heteroatoms. The van der Waals surface area contributed by atoms with E-state index in [0.717, 1.165) is 26.1 Å². The molecule has 0 aromatic heterocycles. The summed E-state index contributed by atoms with van der Waals surface area (Å²) in [6, 6.07) is 10.9. The van der Waals surface area contributed by atoms with E-state index in [-0.39, 0.29) is 11.3 Å². The molecule has 1 amide bonds. The Labute approximate surface area is 141 Å². The van der Waals surface area contributed by atoms with Crippen molar-refractivity contribution in [2.75, 3.05) is 13.1 Å². The van der Waals surface area contributed by atoms with Crippen molar-refractivity contribution in [3.8, 4) is 0 Å². The molecule has 1 N–H and O–H groups in total. The van der Waals surface area contributed by atoms with Crippen molar-refractivity contribution in [3.05, 3.63) is 35.9 Å². The first-order valence-electron chi connectivity index (χ1n) is 8.84. The first-order valence-corrected chi connectivity index (χ1v) is 8.84. The number of carbonyl (C=O) groups excluding carboxylic acids is 1. The molecule has 2 atom stereocenters. The second-order valence-corrected chi connectivity index (χ2v) is 8.26. The Bertz CT molecular complexity index is 504. The van der Waals surface area contributed by atoms with Crippen LogP contribution in [0.15, 0.2) is 30.3 Å². The van der Waals surface area contributed by atoms with Crippen molar-refractivity contribution >= 4 is 5.91 Å². The molecule has 128 valence electrons. The van der Waals surface area contributed by atoms with Crippen LogP contribution in [0.4, 0.5) is 0 Å². The molecule has 0 bridgehead atoms. The monoisotopic (exact) mass is 316 g/mol. The third-order valence-electron chi connectivity index (χ3n) is 4.79. The molecule has 23 heavy (non-hydrogen) atoms. The van der Waals surface area contributed by atoms with Gasteiger partial charge in [-0.2, -0.15) is 0 Å². The molecule has 2 unspecified atom stereocenters. The average molecular weight is 316 g/mol. The van der Waals surface area contributed by atoms with Crippen molar-refractivity contribution < 1.29 is 4.79 Å². The first kappa shape index (κ1) is 18.0. The van der Waals surface area contributed by atoms with Gasteiger partial charge in [-0.25, -0.2) is 0 Å². The average Bonchev–Trinajstić information content (AvgIpc) is 2.52. The smallest absolute Gasteiger partial charge is 0.228 e. The van der Waals surface area contributed by atoms with Gasteiger partial charge >= 0.3 is 0 Å². The molecule has 0 radical (unpaired) electrons. The van der Waals surface area contributed by atoms with Gasteiger partial charge in [0.2, 0.25) is 5.91 Å². The summed E-state index contributed by atoms with van der Waals surface area (Å²) < 4.78 is 0. The number of likely N-dealkylation sites (tertiary alicyclic amines) is 1. The van der Waals surface area contributed by atoms with Gasteiger partial charge in [0.15, 0.2) is 0 Å². The van der Waals surface area contributed by atoms with Crippen LogP contribution < -0.4 is 5.32 Å². The lowest BCUT2D eigenvalue weighted by atomic mass is 9.84. The van der Waals surface area contributed by atoms with Crippen LogP contribution in [-0.4, -0.2) is 29.9 Å². The van der Waals surface area contributed by atoms with Gasteiger partial charge in [0, 0.05) is 31.1 Å². The number of amides is 1. The van der Waals surface area contributed by atoms with Crippen molar-refractivity contribution in [2.24, 2.45) is 17.3 Å². The molecule has 1 saturated heterocycles. The standard InChI is InChI=1S/C20H32N2O/c1-15(2)17-11-18(21-12-16-9-7-6-8-10-16)14-22(13-17)19(23)20(3,4)5/h6-10,15,17-18,21H,11-14H2,1-5H3. The van der Waals surface area contributed by atoms with E-state index in [0.29, 0.717) is 17.9 Å². The molecule has 0 aliphatic carbocycles. The van der Waals surface area contributed by atoms with Gasteiger partial charge in [-0.05, 0) is 23.8 Å². The van der Waals surface area contributed by atoms with Crippen LogP contribution in [0.3, 0.4) is 0 Å². The Morgan fingerprint density at radius 1 is 1.22 bits per heavy atom. The summed E-state index contributed by atoms with van der Waals surface area (Å²) in [6.07, 6.45) is 1.15. The zero-order chi connectivity index (χ0) is 17.0. The summed E-state index contributed by atoms with van der Waals surface area (Å²) in [5, 5.41) is 3.67. The van der Waals surface area contributed by atoms with E-state index >= 15 is 0 Å². The van der Waals surface area contributed by atoms with Crippen LogP contribution in [0.5, 0.6) is 0 Å². The number of carbonyl (C=O) groups is 1. The largest absolute Gasteiger partial charge is 0.340 e. The number of benzene rings is 1. The SMILES string of the molecule is CC(C)C1CC(NCc2ccccc2)CN(C(=O)C(C)(C)C)C1. The van der Waals surface area contributed by atoms with E-state index in [2.05, 4.69) is 48.3 Å². The van der Waals surface area contributed by atoms with E-state index in [4.69, 9.17) is 0 Å². The first-order chi connectivity index (χ1) is 10.8. The zero-order valence-corrected chi connectivity index (χ0v) is 15.3. The minimum Gasteiger partial charge on any atom is -0.340 e. The molecule has 0 saturated carbocycles. The highest BCUT2D eigenvalue weighted by Gasteiger charge is 2.35. The summed E-state index contributed by atoms with van der Waals surface area (Å²) in [5.74, 6) is 1.45. The van der Waals surface area contributed by atoms with Crippen molar-refractivity contribution in [3.63, 3.8) is 0 Å². The van der Waals surface area contributed by atoms with Crippen LogP contribution in [0, 0.1) is 17.3 Å². The Hall–Kier alpha value is -1.35. The van der Waals surface area contributed by atoms with Gasteiger partial charge < -0.3 is 10.2 Å². The number of rotatable bonds is 4. The second-order valence-electron chi connectivity index (χ2n) is 8.26. The molecule has 2 rings (SSSR count). The van der Waals surface area contributed by atoms with Crippen molar-refractivity contribution in [1.82, 2.24) is 10.2 Å². The van der Waals surface area contributed by atoms with E-state index in [1.807, 2.05) is 26.8 Å². The normalized spacial score (nSPS) is 22.4. The van der Waals surface area contributed by atoms with E-state index in [9.17, 15) is 4.79 Å². The third kappa shape index (κ3) is 5.07. The fourth-order valence-electron chi connectivity index (χ4n) is 3.27. The predicted octanol–water partition coefficient (Wildman–Crippen LogP) is 3.70. The molecule has 1 aromatic carbocycles. The van der Waals surface area contributed by atoms with Gasteiger partial charge in [-0.15, -0.1) is 0 Å². The van der Waals surface area contributed by atoms with Crippen LogP contribution in [0.2, 0.25) is 0 Å². The maximum Gasteiger partial charge on any atom is 0.228 e. The lowest BCUT2D eigenvalue weighted by molar-refractivity contribution is -0.142. The number of nitrogens with one attached hydrogen (secondary N) is 1. The Morgan fingerprint density at radius 2 is 1.87 bits per heavy atom. The van der Waals surface area contributed by atoms with Crippen LogP contribution in [0.25, 0.3) is 0 Å². The molecule has 0 spiro atoms. The maximum atomic E-state index is 12.7. The van der Waals surface area contributed by atoms with Crippen molar-refractivity contribution in [1.29, 1.82) is 0 Å². The highest BCUT2D eigenvalue weighted by molar-refractivity contribution is 5.81. The number of nitrogens with zero attached hydrogens (tertiary/aromatic N) is 1. The van der Waals surface area contributed by atoms with Crippen LogP contribution in [-0.2, 0) is 11.3 Å². The van der Waals surface area contributed by atoms with Crippen molar-refractivity contribution in [2.45, 2.75) is 53.6 Å². The minimum atomic E-state index is -0.303. The van der Waals surface area contributed by atoms with Gasteiger partial charge in [-0.1, -0.05) is 65.0 Å². The summed E-state index contributed by atoms with van der Waals surface area (Å²) in [7, 11) is 0. The van der Waals surface area contributed by atoms with Gasteiger partial charge in [0.05, 0.1) is 0 Å². The molecular weight excluding hydrogens is 284 g/mol. The Morgan fingerprint density at radius 3 is 2.43 bits per heavy atom. The van der Waals surface area contributed by atoms with E-state index in [1.54, 1.807) is 0 Å². The summed E-state index contributed by atoms with van der Waals surface area (Å²) >= 11 is 0. The Balaban J connectivity index is 2.02. The second kappa shape index (κ2) is 7.48. The van der Waals surface area contributed by atoms with Gasteiger partial charge in [0.25, 0.3) is 0 Å². The number of hydrogen-bond donors (Lipinski definition) is 1. The summed E-state index contributed by atoms with van der Waals surface area (Å²) in [5.41, 5.74) is 0.996.